The number of nitrogens with one attached hydrogen (secondary N) is 1. The van der Waals surface area contributed by atoms with Gasteiger partial charge >= 0.3 is 11.8 Å². The van der Waals surface area contributed by atoms with Crippen molar-refractivity contribution in [3.05, 3.63) is 79.5 Å². The van der Waals surface area contributed by atoms with Crippen LogP contribution in [0.25, 0.3) is 38.7 Å². The zero-order valence-corrected chi connectivity index (χ0v) is 40.7. The maximum absolute atomic E-state index is 14.9. The number of nitrogens with zero attached hydrogens (tertiary/aromatic N) is 2. The number of allylic oxidation sites excluding steroid dienone is 2. The van der Waals surface area contributed by atoms with Crippen molar-refractivity contribution in [2.45, 2.75) is 97.6 Å². The van der Waals surface area contributed by atoms with Crippen LogP contribution >= 0.6 is 11.9 Å². The number of carbonyl (C=O) groups excluding carboxylic acids is 2. The predicted octanol–water partition coefficient (Wildman–Crippen LogP) is 5.84. The van der Waals surface area contributed by atoms with E-state index in [4.69, 9.17) is 37.8 Å². The average molecular weight is 959 g/mol. The number of aliphatic hydroxyl groups excluding tert-OH is 2. The number of piperidine rings is 1. The Morgan fingerprint density at radius 3 is 2.43 bits per heavy atom. The molecule has 3 aromatic carbocycles. The Morgan fingerprint density at radius 2 is 1.75 bits per heavy atom. The summed E-state index contributed by atoms with van der Waals surface area (Å²) in [5, 5.41) is 37.8. The fourth-order valence-electron chi connectivity index (χ4n) is 9.86. The van der Waals surface area contributed by atoms with Crippen molar-refractivity contribution in [2.24, 2.45) is 23.7 Å². The van der Waals surface area contributed by atoms with Crippen LogP contribution < -0.4 is 30.9 Å². The van der Waals surface area contributed by atoms with E-state index in [0.717, 1.165) is 29.8 Å². The number of esters is 1. The maximum Gasteiger partial charge on any atom is 0.307 e. The van der Waals surface area contributed by atoms with Crippen LogP contribution in [0.3, 0.4) is 0 Å². The summed E-state index contributed by atoms with van der Waals surface area (Å²) in [4.78, 5) is 60.1. The second-order valence-corrected chi connectivity index (χ2v) is 20.2. The summed E-state index contributed by atoms with van der Waals surface area (Å²) in [5.41, 5.74) is -2.12. The van der Waals surface area contributed by atoms with Gasteiger partial charge < -0.3 is 53.5 Å². The third kappa shape index (κ3) is 8.69. The van der Waals surface area contributed by atoms with Gasteiger partial charge in [-0.05, 0) is 19.9 Å². The molecular formula is C50H60N3O14S+. The standard InChI is InChI=1S/C50H59N3O14S/c1-23-12-11-13-24(2)49(60)52-39-42(58)35-34(38-46(39)65-33-21-30(20-31(55)37(33)51-38)62-22-29-14-17-53(8,68-10)18-15-29)36-44(26(4)40(35)56)67-50(7,48(36)59)63-19-16-32(61-9)25(3)45(64-28(6)54)47-41(57)27(5)43(23)66-47/h11-13,16,19-21,23,25,27,29,32,41,43,45,47,57H,14-15,17-18,22H2,1-10H3,(H2-,51,52,55,56,58,59,60)/p+1/b12-11+,19-16+,24-13-/t23-,25+,27-,29?,32-,41+,43-,45+,47+,50-,53?/m0/s1. The summed E-state index contributed by atoms with van der Waals surface area (Å²) in [6.45, 7) is 13.6. The first kappa shape index (κ1) is 48.8. The maximum atomic E-state index is 14.9. The molecule has 5 aliphatic rings. The number of aromatic nitrogens is 1. The number of rotatable bonds is 6. The SMILES string of the molecule is CO[C@H]1/C=C/O[C@@]2(C)Oc3c(C)c(O)c4c(=O)c(c5oc6cc(OCC7CC[N+](C)(SC)CC7)cc(=O)c6nc5c4c3=C2O)NC(=O)/C(C)=C\C=C\[C@H](C)[C@@H]2O[C@H]([C@H](O)[C@@H]2C)[C@H](OC(C)=O)[C@@H]1C. The number of benzene rings is 3. The monoisotopic (exact) mass is 958 g/mol. The van der Waals surface area contributed by atoms with Crippen LogP contribution in [0.4, 0.5) is 5.69 Å². The summed E-state index contributed by atoms with van der Waals surface area (Å²) in [6.07, 6.45) is 7.53. The smallest absolute Gasteiger partial charge is 0.307 e. The zero-order valence-electron chi connectivity index (χ0n) is 39.9. The number of methoxy groups -OCH3 is 1. The van der Waals surface area contributed by atoms with Crippen molar-refractivity contribution in [3.63, 3.8) is 0 Å². The van der Waals surface area contributed by atoms with Crippen molar-refractivity contribution in [1.82, 2.24) is 4.98 Å². The summed E-state index contributed by atoms with van der Waals surface area (Å²) in [7, 11) is 3.66. The summed E-state index contributed by atoms with van der Waals surface area (Å²) < 4.78 is 44.1. The van der Waals surface area contributed by atoms with Crippen LogP contribution in [0.5, 0.6) is 17.2 Å². The van der Waals surface area contributed by atoms with Crippen LogP contribution in [0.15, 0.2) is 62.3 Å². The minimum absolute atomic E-state index is 0.0321. The van der Waals surface area contributed by atoms with Gasteiger partial charge in [0.15, 0.2) is 22.4 Å². The van der Waals surface area contributed by atoms with E-state index in [1.165, 1.54) is 52.4 Å². The molecule has 4 aromatic rings. The normalized spacial score (nSPS) is 32.8. The van der Waals surface area contributed by atoms with E-state index < -0.39 is 82.4 Å². The number of quaternary nitrogens is 1. The first-order chi connectivity index (χ1) is 32.2. The second-order valence-electron chi connectivity index (χ2n) is 18.9. The average Bonchev–Trinajstić information content (AvgIpc) is 3.75. The minimum atomic E-state index is -1.98. The van der Waals surface area contributed by atoms with Gasteiger partial charge in [-0.2, -0.15) is 0 Å². The molecule has 18 heteroatoms. The number of anilines is 1. The molecule has 1 amide bonds. The van der Waals surface area contributed by atoms with E-state index in [-0.39, 0.29) is 78.3 Å². The molecule has 0 radical (unpaired) electrons. The van der Waals surface area contributed by atoms with E-state index in [9.17, 15) is 34.5 Å². The predicted molar refractivity (Wildman–Crippen MR) is 256 cm³/mol. The van der Waals surface area contributed by atoms with Crippen molar-refractivity contribution < 1.29 is 61.6 Å². The lowest BCUT2D eigenvalue weighted by Crippen LogP contribution is -2.46. The quantitative estimate of drug-likeness (QED) is 0.0586. The Labute approximate surface area is 397 Å². The first-order valence-electron chi connectivity index (χ1n) is 22.8. The van der Waals surface area contributed by atoms with Gasteiger partial charge in [0.2, 0.25) is 10.9 Å². The molecular weight excluding hydrogens is 899 g/mol. The van der Waals surface area contributed by atoms with Gasteiger partial charge in [0.25, 0.3) is 5.91 Å². The Kier molecular flexibility index (Phi) is 13.4. The number of aromatic hydroxyl groups is 1. The highest BCUT2D eigenvalue weighted by atomic mass is 32.2. The van der Waals surface area contributed by atoms with E-state index in [2.05, 4.69) is 18.6 Å². The third-order valence-electron chi connectivity index (χ3n) is 14.2. The number of ether oxygens (including phenoxy) is 6. The fraction of sp³-hybridized carbons (Fsp3) is 0.500. The topological polar surface area (TPSA) is 222 Å². The number of hydrogen-bond acceptors (Lipinski definition) is 16. The van der Waals surface area contributed by atoms with E-state index in [1.807, 2.05) is 31.9 Å². The lowest BCUT2D eigenvalue weighted by atomic mass is 9.86. The molecule has 17 nitrogen and oxygen atoms in total. The van der Waals surface area contributed by atoms with Gasteiger partial charge in [-0.25, -0.2) is 4.98 Å². The van der Waals surface area contributed by atoms with E-state index >= 15 is 0 Å². The van der Waals surface area contributed by atoms with Crippen molar-refractivity contribution in [2.75, 3.05) is 45.4 Å². The number of likely N-dealkylation sites (tertiary alicyclic amines) is 1. The molecule has 0 unspecified atom stereocenters. The van der Waals surface area contributed by atoms with Crippen LogP contribution in [0.1, 0.15) is 59.9 Å². The van der Waals surface area contributed by atoms with Crippen molar-refractivity contribution in [3.8, 4) is 17.2 Å². The highest BCUT2D eigenvalue weighted by Crippen LogP contribution is 2.43. The third-order valence-corrected chi connectivity index (χ3v) is 15.5. The van der Waals surface area contributed by atoms with Gasteiger partial charge in [-0.15, -0.1) is 0 Å². The molecule has 4 N–H and O–H groups in total. The minimum Gasteiger partial charge on any atom is -0.507 e. The van der Waals surface area contributed by atoms with Gasteiger partial charge in [0.1, 0.15) is 40.7 Å². The molecule has 68 heavy (non-hydrogen) atoms. The largest absolute Gasteiger partial charge is 0.507 e. The first-order valence-corrected chi connectivity index (χ1v) is 24.0. The highest BCUT2D eigenvalue weighted by molar-refractivity contribution is 7.93. The Balaban J connectivity index is 1.31. The number of phenolic OH excluding ortho intramolecular Hbond substituents is 1. The Hall–Kier alpha value is -5.66. The molecule has 1 aromatic heterocycles. The molecule has 0 saturated carbocycles. The Bertz CT molecular complexity index is 2960. The summed E-state index contributed by atoms with van der Waals surface area (Å²) in [6, 6.07) is 2.83. The fourth-order valence-corrected chi connectivity index (χ4v) is 10.4. The van der Waals surface area contributed by atoms with Crippen molar-refractivity contribution >= 4 is 68.2 Å². The summed E-state index contributed by atoms with van der Waals surface area (Å²) in [5.74, 6) is -5.17. The lowest BCUT2D eigenvalue weighted by Gasteiger charge is -2.37. The number of phenols is 1. The molecule has 9 atom stereocenters. The number of fused-ring (bicyclic) bond motifs is 9. The Morgan fingerprint density at radius 1 is 1.03 bits per heavy atom. The lowest BCUT2D eigenvalue weighted by molar-refractivity contribution is -0.781. The van der Waals surface area contributed by atoms with Gasteiger partial charge in [-0.3, -0.25) is 23.1 Å². The van der Waals surface area contributed by atoms with E-state index in [1.54, 1.807) is 26.0 Å². The molecule has 9 rings (SSSR count). The van der Waals surface area contributed by atoms with Crippen LogP contribution in [0.2, 0.25) is 0 Å². The molecule has 0 spiro atoms. The number of hydrogen-bond donors (Lipinski definition) is 4. The number of aliphatic hydroxyl groups is 2. The zero-order chi connectivity index (χ0) is 49.1. The van der Waals surface area contributed by atoms with Gasteiger partial charge in [0.05, 0.1) is 73.9 Å². The van der Waals surface area contributed by atoms with E-state index in [0.29, 0.717) is 6.61 Å². The number of carbonyl (C=O) groups is 2. The molecule has 6 heterocycles. The molecule has 2 fully saturated rings. The number of amides is 1. The summed E-state index contributed by atoms with van der Waals surface area (Å²) >= 11 is 1.81. The molecule has 2 saturated heterocycles. The highest BCUT2D eigenvalue weighted by Gasteiger charge is 2.50. The van der Waals surface area contributed by atoms with Crippen LogP contribution in [-0.4, -0.2) is 112 Å². The van der Waals surface area contributed by atoms with Gasteiger partial charge in [-0.1, -0.05) is 39.0 Å². The van der Waals surface area contributed by atoms with Crippen molar-refractivity contribution in [1.29, 1.82) is 0 Å². The van der Waals surface area contributed by atoms with Gasteiger partial charge in [0, 0.05) is 92.4 Å². The molecule has 0 aliphatic carbocycles. The second kappa shape index (κ2) is 18.7. The van der Waals surface area contributed by atoms with Crippen LogP contribution in [-0.2, 0) is 28.5 Å². The van der Waals surface area contributed by atoms with Crippen LogP contribution in [0, 0.1) is 30.6 Å². The molecule has 364 valence electrons. The molecule has 5 aliphatic heterocycles. The molecule has 7 bridgehead atoms.